The van der Waals surface area contributed by atoms with Crippen molar-refractivity contribution < 1.29 is 4.39 Å². The van der Waals surface area contributed by atoms with Crippen LogP contribution in [0.1, 0.15) is 17.2 Å². The molecule has 0 spiro atoms. The number of nitrogens with zero attached hydrogens (tertiary/aromatic N) is 2. The van der Waals surface area contributed by atoms with Gasteiger partial charge in [0.05, 0.1) is 17.7 Å². The van der Waals surface area contributed by atoms with Crippen LogP contribution in [0, 0.1) is 11.3 Å². The number of hydrogen-bond acceptors (Lipinski definition) is 3. The Morgan fingerprint density at radius 3 is 2.47 bits per heavy atom. The van der Waals surface area contributed by atoms with Crippen molar-refractivity contribution in [1.82, 2.24) is 10.2 Å². The van der Waals surface area contributed by atoms with Crippen molar-refractivity contribution in [3.8, 4) is 6.07 Å². The van der Waals surface area contributed by atoms with Crippen molar-refractivity contribution in [1.29, 1.82) is 5.26 Å². The Morgan fingerprint density at radius 2 is 1.89 bits per heavy atom. The van der Waals surface area contributed by atoms with E-state index in [1.165, 1.54) is 0 Å². The number of halogens is 3. The average molecular weight is 306 g/mol. The average Bonchev–Trinajstić information content (AvgIpc) is 2.41. The minimum atomic E-state index is -0.446. The number of rotatable bonds is 3. The van der Waals surface area contributed by atoms with Crippen LogP contribution < -0.4 is 5.32 Å². The van der Waals surface area contributed by atoms with Crippen LogP contribution in [0.15, 0.2) is 24.3 Å². The molecule has 1 saturated heterocycles. The summed E-state index contributed by atoms with van der Waals surface area (Å²) in [6.45, 7) is 2.97. The fourth-order valence-corrected chi connectivity index (χ4v) is 2.26. The van der Waals surface area contributed by atoms with Crippen LogP contribution in [-0.2, 0) is 0 Å². The fraction of sp³-hybridized carbons (Fsp3) is 0.462. The van der Waals surface area contributed by atoms with Crippen molar-refractivity contribution in [2.24, 2.45) is 0 Å². The molecule has 106 valence electrons. The Hall–Kier alpha value is -0.860. The third-order valence-electron chi connectivity index (χ3n) is 3.18. The van der Waals surface area contributed by atoms with Crippen LogP contribution in [0.5, 0.6) is 0 Å². The van der Waals surface area contributed by atoms with Crippen molar-refractivity contribution >= 4 is 24.8 Å². The quantitative estimate of drug-likeness (QED) is 0.931. The molecule has 0 aromatic heterocycles. The van der Waals surface area contributed by atoms with Gasteiger partial charge in [-0.3, -0.25) is 4.90 Å². The highest BCUT2D eigenvalue weighted by molar-refractivity contribution is 5.85. The predicted molar refractivity (Wildman–Crippen MR) is 78.8 cm³/mol. The molecule has 0 bridgehead atoms. The molecule has 1 fully saturated rings. The molecule has 1 atom stereocenters. The first-order valence-corrected chi connectivity index (χ1v) is 5.86. The zero-order chi connectivity index (χ0) is 12.1. The maximum atomic E-state index is 13.3. The van der Waals surface area contributed by atoms with E-state index in [1.807, 2.05) is 18.2 Å². The van der Waals surface area contributed by atoms with Crippen molar-refractivity contribution in [3.63, 3.8) is 0 Å². The zero-order valence-electron chi connectivity index (χ0n) is 10.5. The molecule has 19 heavy (non-hydrogen) atoms. The smallest absolute Gasteiger partial charge is 0.109 e. The maximum Gasteiger partial charge on any atom is 0.109 e. The van der Waals surface area contributed by atoms with E-state index in [9.17, 15) is 4.39 Å². The Kier molecular flexibility index (Phi) is 8.70. The molecule has 1 heterocycles. The molecule has 0 unspecified atom stereocenters. The summed E-state index contributed by atoms with van der Waals surface area (Å²) in [4.78, 5) is 2.10. The van der Waals surface area contributed by atoms with Crippen molar-refractivity contribution in [2.75, 3.05) is 32.9 Å². The lowest BCUT2D eigenvalue weighted by Crippen LogP contribution is -2.45. The second kappa shape index (κ2) is 9.11. The van der Waals surface area contributed by atoms with E-state index in [4.69, 9.17) is 5.26 Å². The van der Waals surface area contributed by atoms with E-state index in [-0.39, 0.29) is 30.9 Å². The van der Waals surface area contributed by atoms with E-state index < -0.39 is 6.67 Å². The maximum absolute atomic E-state index is 13.3. The molecule has 0 radical (unpaired) electrons. The first-order chi connectivity index (χ1) is 8.36. The number of piperazine rings is 1. The highest BCUT2D eigenvalue weighted by Gasteiger charge is 2.23. The van der Waals surface area contributed by atoms with Gasteiger partial charge in [-0.1, -0.05) is 18.2 Å². The number of hydrogen-bond donors (Lipinski definition) is 1. The summed E-state index contributed by atoms with van der Waals surface area (Å²) in [7, 11) is 0. The van der Waals surface area contributed by atoms with Gasteiger partial charge in [0.25, 0.3) is 0 Å². The topological polar surface area (TPSA) is 39.1 Å². The number of nitriles is 1. The molecule has 6 heteroatoms. The summed E-state index contributed by atoms with van der Waals surface area (Å²) in [6.07, 6.45) is 0. The standard InChI is InChI=1S/C13H16FN3.2ClH/c14-9-13(17-7-5-16-6-8-17)12-4-2-1-3-11(12)10-15;;/h1-4,13,16H,5-9H2;2*1H/t13-;;/m0../s1. The van der Waals surface area contributed by atoms with E-state index in [2.05, 4.69) is 16.3 Å². The van der Waals surface area contributed by atoms with Crippen LogP contribution in [-0.4, -0.2) is 37.8 Å². The summed E-state index contributed by atoms with van der Waals surface area (Å²) < 4.78 is 13.3. The monoisotopic (exact) mass is 305 g/mol. The highest BCUT2D eigenvalue weighted by atomic mass is 35.5. The van der Waals surface area contributed by atoms with E-state index in [1.54, 1.807) is 6.07 Å². The van der Waals surface area contributed by atoms with Crippen LogP contribution >= 0.6 is 24.8 Å². The summed E-state index contributed by atoms with van der Waals surface area (Å²) >= 11 is 0. The summed E-state index contributed by atoms with van der Waals surface area (Å²) in [5.74, 6) is 0. The summed E-state index contributed by atoms with van der Waals surface area (Å²) in [6, 6.07) is 9.14. The Labute approximate surface area is 125 Å². The molecule has 3 nitrogen and oxygen atoms in total. The third kappa shape index (κ3) is 4.32. The predicted octanol–water partition coefficient (Wildman–Crippen LogP) is 2.32. The Balaban J connectivity index is 0.00000162. The van der Waals surface area contributed by atoms with Crippen molar-refractivity contribution in [2.45, 2.75) is 6.04 Å². The van der Waals surface area contributed by atoms with Gasteiger partial charge in [-0.2, -0.15) is 5.26 Å². The molecule has 1 aromatic carbocycles. The summed E-state index contributed by atoms with van der Waals surface area (Å²) in [5, 5.41) is 12.3. The lowest BCUT2D eigenvalue weighted by atomic mass is 10.00. The number of nitrogens with one attached hydrogen (secondary N) is 1. The number of benzene rings is 1. The molecule has 0 amide bonds. The van der Waals surface area contributed by atoms with Gasteiger partial charge < -0.3 is 5.32 Å². The molecule has 1 aliphatic heterocycles. The van der Waals surface area contributed by atoms with Crippen LogP contribution in [0.4, 0.5) is 4.39 Å². The van der Waals surface area contributed by atoms with Gasteiger partial charge >= 0.3 is 0 Å². The fourth-order valence-electron chi connectivity index (χ4n) is 2.26. The van der Waals surface area contributed by atoms with Gasteiger partial charge in [0, 0.05) is 26.2 Å². The van der Waals surface area contributed by atoms with Gasteiger partial charge in [0.2, 0.25) is 0 Å². The molecule has 1 N–H and O–H groups in total. The van der Waals surface area contributed by atoms with Gasteiger partial charge in [-0.05, 0) is 11.6 Å². The molecule has 0 saturated carbocycles. The van der Waals surface area contributed by atoms with Gasteiger partial charge in [-0.25, -0.2) is 4.39 Å². The molecule has 2 rings (SSSR count). The van der Waals surface area contributed by atoms with Gasteiger partial charge in [-0.15, -0.1) is 24.8 Å². The second-order valence-corrected chi connectivity index (χ2v) is 4.16. The molecule has 1 aromatic rings. The Morgan fingerprint density at radius 1 is 1.26 bits per heavy atom. The van der Waals surface area contributed by atoms with Gasteiger partial charge in [0.15, 0.2) is 0 Å². The first kappa shape index (κ1) is 18.1. The molecular formula is C13H18Cl2FN3. The SMILES string of the molecule is Cl.Cl.N#Cc1ccccc1[C@H](CF)N1CCNCC1. The zero-order valence-corrected chi connectivity index (χ0v) is 12.1. The molecule has 0 aliphatic carbocycles. The van der Waals surface area contributed by atoms with Gasteiger partial charge in [0.1, 0.15) is 6.67 Å². The van der Waals surface area contributed by atoms with E-state index in [0.717, 1.165) is 31.7 Å². The highest BCUT2D eigenvalue weighted by Crippen LogP contribution is 2.24. The third-order valence-corrected chi connectivity index (χ3v) is 3.18. The first-order valence-electron chi connectivity index (χ1n) is 5.86. The van der Waals surface area contributed by atoms with Crippen LogP contribution in [0.2, 0.25) is 0 Å². The second-order valence-electron chi connectivity index (χ2n) is 4.16. The lowest BCUT2D eigenvalue weighted by molar-refractivity contribution is 0.147. The minimum Gasteiger partial charge on any atom is -0.314 e. The largest absolute Gasteiger partial charge is 0.314 e. The van der Waals surface area contributed by atoms with Crippen LogP contribution in [0.3, 0.4) is 0 Å². The molecule has 1 aliphatic rings. The van der Waals surface area contributed by atoms with Crippen molar-refractivity contribution in [3.05, 3.63) is 35.4 Å². The lowest BCUT2D eigenvalue weighted by Gasteiger charge is -2.34. The number of alkyl halides is 1. The summed E-state index contributed by atoms with van der Waals surface area (Å²) in [5.41, 5.74) is 1.38. The molecular weight excluding hydrogens is 288 g/mol. The normalized spacial score (nSPS) is 16.6. The minimum absolute atomic E-state index is 0. The van der Waals surface area contributed by atoms with E-state index in [0.29, 0.717) is 5.56 Å². The van der Waals surface area contributed by atoms with E-state index >= 15 is 0 Å². The Bertz CT molecular complexity index is 417. The van der Waals surface area contributed by atoms with Crippen LogP contribution in [0.25, 0.3) is 0 Å².